The van der Waals surface area contributed by atoms with Crippen LogP contribution in [-0.2, 0) is 0 Å². The average Bonchev–Trinajstić information content (AvgIpc) is 3.19. The first-order valence-corrected chi connectivity index (χ1v) is 7.81. The number of rotatable bonds is 1. The van der Waals surface area contributed by atoms with Gasteiger partial charge in [-0.2, -0.15) is 0 Å². The summed E-state index contributed by atoms with van der Waals surface area (Å²) in [5.74, 6) is 1.36. The van der Waals surface area contributed by atoms with Crippen molar-refractivity contribution in [3.63, 3.8) is 0 Å². The fourth-order valence-corrected chi connectivity index (χ4v) is 3.05. The Balaban J connectivity index is 0.000000144. The zero-order valence-electron chi connectivity index (χ0n) is 11.9. The summed E-state index contributed by atoms with van der Waals surface area (Å²) in [5, 5.41) is 0.459. The molecule has 2 nitrogen and oxygen atoms in total. The van der Waals surface area contributed by atoms with Gasteiger partial charge in [-0.15, -0.1) is 0 Å². The van der Waals surface area contributed by atoms with Crippen LogP contribution in [0.25, 0.3) is 0 Å². The summed E-state index contributed by atoms with van der Waals surface area (Å²) in [6.45, 7) is 1.89. The van der Waals surface area contributed by atoms with E-state index in [0.717, 1.165) is 11.6 Å². The largest absolute Gasteiger partial charge is 0.429 e. The zero-order valence-corrected chi connectivity index (χ0v) is 12.6. The predicted molar refractivity (Wildman–Crippen MR) is 82.0 cm³/mol. The number of aromatic nitrogens is 1. The van der Waals surface area contributed by atoms with E-state index in [2.05, 4.69) is 29.3 Å². The molecule has 3 aliphatic rings. The Morgan fingerprint density at radius 1 is 1.10 bits per heavy atom. The quantitative estimate of drug-likeness (QED) is 0.682. The lowest BCUT2D eigenvalue weighted by Gasteiger charge is -2.17. The van der Waals surface area contributed by atoms with Gasteiger partial charge in [0.2, 0.25) is 5.22 Å². The molecule has 1 saturated carbocycles. The van der Waals surface area contributed by atoms with E-state index in [1.807, 2.05) is 6.92 Å². The van der Waals surface area contributed by atoms with E-state index >= 15 is 0 Å². The highest BCUT2D eigenvalue weighted by atomic mass is 35.5. The molecular weight excluding hydrogens is 270 g/mol. The van der Waals surface area contributed by atoms with Gasteiger partial charge < -0.3 is 4.42 Å². The first-order chi connectivity index (χ1) is 9.72. The van der Waals surface area contributed by atoms with E-state index in [-0.39, 0.29) is 0 Å². The maximum atomic E-state index is 5.82. The van der Waals surface area contributed by atoms with Crippen LogP contribution < -0.4 is 0 Å². The summed E-state index contributed by atoms with van der Waals surface area (Å²) in [5.41, 5.74) is 3.76. The fraction of sp³-hybridized carbons (Fsp3) is 0.471. The normalized spacial score (nSPS) is 20.5. The van der Waals surface area contributed by atoms with Crippen LogP contribution in [-0.4, -0.2) is 4.98 Å². The van der Waals surface area contributed by atoms with Crippen LogP contribution in [0.3, 0.4) is 0 Å². The number of nitrogens with zero attached hydrogens (tertiary/aromatic N) is 1. The minimum absolute atomic E-state index is 0.459. The molecule has 0 amide bonds. The van der Waals surface area contributed by atoms with Crippen LogP contribution in [0.1, 0.15) is 56.0 Å². The fourth-order valence-electron chi connectivity index (χ4n) is 2.93. The molecule has 0 N–H and O–H groups in total. The monoisotopic (exact) mass is 289 g/mol. The molecule has 4 rings (SSSR count). The zero-order chi connectivity index (χ0) is 13.9. The Labute approximate surface area is 125 Å². The van der Waals surface area contributed by atoms with E-state index in [4.69, 9.17) is 16.0 Å². The highest BCUT2D eigenvalue weighted by molar-refractivity contribution is 6.29. The molecule has 1 heterocycles. The van der Waals surface area contributed by atoms with Gasteiger partial charge in [-0.25, -0.2) is 4.98 Å². The Morgan fingerprint density at radius 2 is 1.75 bits per heavy atom. The van der Waals surface area contributed by atoms with Gasteiger partial charge >= 0.3 is 0 Å². The lowest BCUT2D eigenvalue weighted by molar-refractivity contribution is 0.364. The van der Waals surface area contributed by atoms with E-state index in [0.29, 0.717) is 11.1 Å². The molecule has 3 heteroatoms. The Morgan fingerprint density at radius 3 is 2.15 bits per heavy atom. The van der Waals surface area contributed by atoms with Crippen LogP contribution >= 0.6 is 11.6 Å². The number of oxazole rings is 1. The molecule has 0 atom stereocenters. The van der Waals surface area contributed by atoms with Gasteiger partial charge in [-0.3, -0.25) is 0 Å². The molecule has 20 heavy (non-hydrogen) atoms. The highest BCUT2D eigenvalue weighted by Gasteiger charge is 2.21. The molecule has 0 spiro atoms. The molecule has 106 valence electrons. The summed E-state index contributed by atoms with van der Waals surface area (Å²) in [7, 11) is 0. The summed E-state index contributed by atoms with van der Waals surface area (Å²) >= 11 is 5.82. The van der Waals surface area contributed by atoms with Crippen LogP contribution in [0.5, 0.6) is 0 Å². The third kappa shape index (κ3) is 3.06. The van der Waals surface area contributed by atoms with Crippen molar-refractivity contribution < 1.29 is 4.42 Å². The molecule has 0 radical (unpaired) electrons. The first kappa shape index (κ1) is 13.7. The van der Waals surface area contributed by atoms with Gasteiger partial charge in [-0.1, -0.05) is 43.6 Å². The molecule has 2 bridgehead atoms. The topological polar surface area (TPSA) is 26.0 Å². The maximum absolute atomic E-state index is 5.82. The summed E-state index contributed by atoms with van der Waals surface area (Å²) in [6.07, 6.45) is 16.2. The minimum Gasteiger partial charge on any atom is -0.429 e. The van der Waals surface area contributed by atoms with Gasteiger partial charge in [0, 0.05) is 5.92 Å². The van der Waals surface area contributed by atoms with Crippen molar-refractivity contribution in [2.75, 3.05) is 0 Å². The van der Waals surface area contributed by atoms with E-state index in [1.165, 1.54) is 49.7 Å². The minimum atomic E-state index is 0.459. The lowest BCUT2D eigenvalue weighted by Crippen LogP contribution is -2.04. The van der Waals surface area contributed by atoms with Gasteiger partial charge in [0.25, 0.3) is 0 Å². The number of aryl methyl sites for hydroxylation is 1. The number of allylic oxidation sites excluding steroid dienone is 6. The molecular formula is C17H20ClNO. The lowest BCUT2D eigenvalue weighted by atomic mass is 9.89. The molecule has 1 fully saturated rings. The number of hydrogen-bond donors (Lipinski definition) is 0. The number of halogens is 1. The van der Waals surface area contributed by atoms with Crippen molar-refractivity contribution in [3.8, 4) is 0 Å². The van der Waals surface area contributed by atoms with Gasteiger partial charge in [0.15, 0.2) is 5.89 Å². The Hall–Kier alpha value is -1.28. The van der Waals surface area contributed by atoms with Crippen molar-refractivity contribution in [3.05, 3.63) is 52.3 Å². The number of hydrogen-bond acceptors (Lipinski definition) is 2. The van der Waals surface area contributed by atoms with Gasteiger partial charge in [0.1, 0.15) is 0 Å². The third-order valence-electron chi connectivity index (χ3n) is 4.14. The van der Waals surface area contributed by atoms with Crippen molar-refractivity contribution in [2.45, 2.75) is 51.4 Å². The Kier molecular flexibility index (Phi) is 4.11. The van der Waals surface area contributed by atoms with Crippen molar-refractivity contribution in [2.24, 2.45) is 0 Å². The molecule has 1 aromatic heterocycles. The van der Waals surface area contributed by atoms with Crippen molar-refractivity contribution in [1.29, 1.82) is 0 Å². The third-order valence-corrected chi connectivity index (χ3v) is 4.49. The average molecular weight is 290 g/mol. The van der Waals surface area contributed by atoms with Crippen LogP contribution in [0.2, 0.25) is 5.22 Å². The van der Waals surface area contributed by atoms with Crippen LogP contribution in [0.4, 0.5) is 0 Å². The van der Waals surface area contributed by atoms with Gasteiger partial charge in [-0.05, 0) is 48.9 Å². The summed E-state index contributed by atoms with van der Waals surface area (Å²) in [4.78, 5) is 4.34. The van der Waals surface area contributed by atoms with Crippen molar-refractivity contribution >= 4 is 11.6 Å². The summed E-state index contributed by atoms with van der Waals surface area (Å²) in [6, 6.07) is 0. The molecule has 1 aromatic rings. The van der Waals surface area contributed by atoms with E-state index in [1.54, 1.807) is 0 Å². The Bertz CT molecular complexity index is 534. The van der Waals surface area contributed by atoms with E-state index < -0.39 is 0 Å². The molecule has 0 aromatic carbocycles. The van der Waals surface area contributed by atoms with E-state index in [9.17, 15) is 0 Å². The highest BCUT2D eigenvalue weighted by Crippen LogP contribution is 2.33. The SMILES string of the molecule is C1=CC2=CC=C1C2.Cc1nc(C2CCCCC2)oc1Cl. The second-order valence-corrected chi connectivity index (χ2v) is 6.08. The maximum Gasteiger partial charge on any atom is 0.216 e. The van der Waals surface area contributed by atoms with Gasteiger partial charge in [0.05, 0.1) is 5.69 Å². The number of fused-ring (bicyclic) bond motifs is 2. The smallest absolute Gasteiger partial charge is 0.216 e. The van der Waals surface area contributed by atoms with Crippen molar-refractivity contribution in [1.82, 2.24) is 4.98 Å². The second-order valence-electron chi connectivity index (χ2n) is 5.74. The van der Waals surface area contributed by atoms with Crippen LogP contribution in [0, 0.1) is 6.92 Å². The molecule has 3 aliphatic carbocycles. The molecule has 0 aliphatic heterocycles. The second kappa shape index (κ2) is 6.01. The van der Waals surface area contributed by atoms with Crippen LogP contribution in [0.15, 0.2) is 39.9 Å². The standard InChI is InChI=1S/C10H14ClNO.C7H6/c1-7-9(11)13-10(12-7)8-5-3-2-4-6-8;1-2-7-4-3-6(1)5-7/h8H,2-6H2,1H3;1-4H,5H2. The predicted octanol–water partition coefficient (Wildman–Crippen LogP) is 5.50. The summed E-state index contributed by atoms with van der Waals surface area (Å²) < 4.78 is 5.41. The molecule has 0 unspecified atom stereocenters. The first-order valence-electron chi connectivity index (χ1n) is 7.43. The molecule has 0 saturated heterocycles.